The number of para-hydroxylation sites is 2. The standard InChI is InChI=1S/C34H21N3/c1-5-16-30-23(9-1)19-24(21-36-30)22-10-7-11-25(20-22)37-31-17-6-4-14-28(31)32-26-12-2-3-13-27(26)33-29(34(32)37)15-8-18-35-33/h1-21H. The fraction of sp³-hybridized carbons (Fsp3) is 0. The number of nitrogens with zero attached hydrogens (tertiary/aromatic N) is 3. The molecule has 0 fully saturated rings. The van der Waals surface area contributed by atoms with Crippen LogP contribution in [-0.4, -0.2) is 14.5 Å². The average Bonchev–Trinajstić information content (AvgIpc) is 3.33. The summed E-state index contributed by atoms with van der Waals surface area (Å²) in [5.41, 5.74) is 7.80. The van der Waals surface area contributed by atoms with E-state index >= 15 is 0 Å². The van der Waals surface area contributed by atoms with Crippen molar-refractivity contribution in [1.29, 1.82) is 0 Å². The van der Waals surface area contributed by atoms with Crippen molar-refractivity contribution in [1.82, 2.24) is 14.5 Å². The molecule has 0 radical (unpaired) electrons. The fourth-order valence-electron chi connectivity index (χ4n) is 5.81. The minimum absolute atomic E-state index is 1.01. The second-order valence-electron chi connectivity index (χ2n) is 9.49. The summed E-state index contributed by atoms with van der Waals surface area (Å²) in [7, 11) is 0. The van der Waals surface area contributed by atoms with Gasteiger partial charge in [0.25, 0.3) is 0 Å². The van der Waals surface area contributed by atoms with E-state index in [0.29, 0.717) is 0 Å². The quantitative estimate of drug-likeness (QED) is 0.236. The summed E-state index contributed by atoms with van der Waals surface area (Å²) in [6.07, 6.45) is 3.86. The minimum Gasteiger partial charge on any atom is -0.309 e. The topological polar surface area (TPSA) is 30.7 Å². The average molecular weight is 472 g/mol. The molecule has 3 nitrogen and oxygen atoms in total. The van der Waals surface area contributed by atoms with Crippen LogP contribution in [0.1, 0.15) is 0 Å². The fourth-order valence-corrected chi connectivity index (χ4v) is 5.81. The van der Waals surface area contributed by atoms with Gasteiger partial charge in [0.2, 0.25) is 0 Å². The molecular weight excluding hydrogens is 450 g/mol. The first kappa shape index (κ1) is 20.2. The molecule has 0 aliphatic rings. The van der Waals surface area contributed by atoms with E-state index in [9.17, 15) is 0 Å². The summed E-state index contributed by atoms with van der Waals surface area (Å²) in [5, 5.41) is 7.23. The van der Waals surface area contributed by atoms with E-state index < -0.39 is 0 Å². The van der Waals surface area contributed by atoms with Crippen molar-refractivity contribution in [2.75, 3.05) is 0 Å². The van der Waals surface area contributed by atoms with Crippen molar-refractivity contribution in [2.24, 2.45) is 0 Å². The van der Waals surface area contributed by atoms with Crippen molar-refractivity contribution in [3.8, 4) is 16.8 Å². The zero-order valence-electron chi connectivity index (χ0n) is 20.0. The Bertz CT molecular complexity index is 2150. The molecule has 0 N–H and O–H groups in total. The van der Waals surface area contributed by atoms with E-state index in [-0.39, 0.29) is 0 Å². The zero-order chi connectivity index (χ0) is 24.3. The molecule has 0 aliphatic carbocycles. The van der Waals surface area contributed by atoms with Crippen LogP contribution in [0.2, 0.25) is 0 Å². The van der Waals surface area contributed by atoms with Gasteiger partial charge in [-0.3, -0.25) is 9.97 Å². The maximum atomic E-state index is 4.84. The van der Waals surface area contributed by atoms with E-state index in [1.54, 1.807) is 0 Å². The van der Waals surface area contributed by atoms with E-state index in [1.807, 2.05) is 24.5 Å². The zero-order valence-corrected chi connectivity index (χ0v) is 20.0. The summed E-state index contributed by atoms with van der Waals surface area (Å²) in [4.78, 5) is 9.55. The first-order chi connectivity index (χ1) is 18.4. The Morgan fingerprint density at radius 1 is 0.541 bits per heavy atom. The Hall–Kier alpha value is -5.02. The molecule has 0 unspecified atom stereocenters. The smallest absolute Gasteiger partial charge is 0.0801 e. The first-order valence-electron chi connectivity index (χ1n) is 12.5. The Kier molecular flexibility index (Phi) is 4.23. The van der Waals surface area contributed by atoms with E-state index in [2.05, 4.69) is 108 Å². The Labute approximate surface area is 213 Å². The highest BCUT2D eigenvalue weighted by Gasteiger charge is 2.19. The van der Waals surface area contributed by atoms with Gasteiger partial charge in [-0.2, -0.15) is 0 Å². The molecule has 0 saturated heterocycles. The van der Waals surface area contributed by atoms with Crippen LogP contribution in [0.4, 0.5) is 0 Å². The second kappa shape index (κ2) is 7.74. The van der Waals surface area contributed by atoms with Crippen molar-refractivity contribution in [3.05, 3.63) is 128 Å². The molecule has 37 heavy (non-hydrogen) atoms. The van der Waals surface area contributed by atoms with Crippen LogP contribution in [0, 0.1) is 0 Å². The monoisotopic (exact) mass is 471 g/mol. The number of fused-ring (bicyclic) bond motifs is 9. The van der Waals surface area contributed by atoms with E-state index in [0.717, 1.165) is 38.6 Å². The summed E-state index contributed by atoms with van der Waals surface area (Å²) >= 11 is 0. The molecule has 0 bridgehead atoms. The van der Waals surface area contributed by atoms with Gasteiger partial charge in [-0.1, -0.05) is 72.8 Å². The molecule has 172 valence electrons. The van der Waals surface area contributed by atoms with Crippen LogP contribution in [0.3, 0.4) is 0 Å². The second-order valence-corrected chi connectivity index (χ2v) is 9.49. The lowest BCUT2D eigenvalue weighted by atomic mass is 9.99. The van der Waals surface area contributed by atoms with Crippen molar-refractivity contribution in [2.45, 2.75) is 0 Å². The molecule has 8 aromatic rings. The predicted molar refractivity (Wildman–Crippen MR) is 154 cm³/mol. The third-order valence-corrected chi connectivity index (χ3v) is 7.42. The molecule has 5 aromatic carbocycles. The molecule has 0 spiro atoms. The molecule has 3 heterocycles. The van der Waals surface area contributed by atoms with Crippen LogP contribution in [-0.2, 0) is 0 Å². The Balaban J connectivity index is 1.49. The maximum absolute atomic E-state index is 4.84. The molecule has 0 amide bonds. The molecule has 0 atom stereocenters. The van der Waals surface area contributed by atoms with Gasteiger partial charge in [-0.05, 0) is 53.4 Å². The van der Waals surface area contributed by atoms with Gasteiger partial charge in [-0.15, -0.1) is 0 Å². The van der Waals surface area contributed by atoms with Crippen LogP contribution in [0.25, 0.3) is 71.2 Å². The van der Waals surface area contributed by atoms with Crippen LogP contribution < -0.4 is 0 Å². The lowest BCUT2D eigenvalue weighted by Crippen LogP contribution is -1.96. The maximum Gasteiger partial charge on any atom is 0.0801 e. The number of hydrogen-bond donors (Lipinski definition) is 0. The highest BCUT2D eigenvalue weighted by molar-refractivity contribution is 6.31. The van der Waals surface area contributed by atoms with Gasteiger partial charge in [0, 0.05) is 50.6 Å². The van der Waals surface area contributed by atoms with Crippen LogP contribution in [0.5, 0.6) is 0 Å². The first-order valence-corrected chi connectivity index (χ1v) is 12.5. The molecule has 3 aromatic heterocycles. The highest BCUT2D eigenvalue weighted by atomic mass is 15.0. The number of benzene rings is 5. The number of hydrogen-bond acceptors (Lipinski definition) is 2. The molecule has 8 rings (SSSR count). The number of pyridine rings is 2. The predicted octanol–water partition coefficient (Wildman–Crippen LogP) is 8.70. The van der Waals surface area contributed by atoms with Gasteiger partial charge in [0.15, 0.2) is 0 Å². The van der Waals surface area contributed by atoms with Gasteiger partial charge >= 0.3 is 0 Å². The lowest BCUT2D eigenvalue weighted by Gasteiger charge is -2.13. The minimum atomic E-state index is 1.01. The third-order valence-electron chi connectivity index (χ3n) is 7.42. The van der Waals surface area contributed by atoms with Crippen molar-refractivity contribution in [3.63, 3.8) is 0 Å². The molecule has 3 heteroatoms. The largest absolute Gasteiger partial charge is 0.309 e. The molecule has 0 aliphatic heterocycles. The lowest BCUT2D eigenvalue weighted by molar-refractivity contribution is 1.19. The third kappa shape index (κ3) is 2.95. The Morgan fingerprint density at radius 2 is 1.32 bits per heavy atom. The number of aromatic nitrogens is 3. The molecular formula is C34H21N3. The van der Waals surface area contributed by atoms with Gasteiger partial charge < -0.3 is 4.57 Å². The Morgan fingerprint density at radius 3 is 2.27 bits per heavy atom. The summed E-state index contributed by atoms with van der Waals surface area (Å²) in [5.74, 6) is 0. The summed E-state index contributed by atoms with van der Waals surface area (Å²) < 4.78 is 2.40. The van der Waals surface area contributed by atoms with Crippen LogP contribution >= 0.6 is 0 Å². The highest BCUT2D eigenvalue weighted by Crippen LogP contribution is 2.41. The van der Waals surface area contributed by atoms with E-state index in [4.69, 9.17) is 9.97 Å². The summed E-state index contributed by atoms with van der Waals surface area (Å²) in [6.45, 7) is 0. The van der Waals surface area contributed by atoms with Gasteiger partial charge in [0.05, 0.1) is 22.1 Å². The van der Waals surface area contributed by atoms with Crippen molar-refractivity contribution >= 4 is 54.4 Å². The van der Waals surface area contributed by atoms with E-state index in [1.165, 1.54) is 32.6 Å². The molecule has 0 saturated carbocycles. The van der Waals surface area contributed by atoms with Gasteiger partial charge in [-0.25, -0.2) is 0 Å². The summed E-state index contributed by atoms with van der Waals surface area (Å²) in [6, 6.07) is 40.8. The van der Waals surface area contributed by atoms with Crippen molar-refractivity contribution < 1.29 is 0 Å². The van der Waals surface area contributed by atoms with Gasteiger partial charge in [0.1, 0.15) is 0 Å². The normalized spacial score (nSPS) is 11.8. The SMILES string of the molecule is c1cc(-c2cnc3ccccc3c2)cc(-n2c3ccccc3c3c4ccccc4c4ncccc4c32)c1. The number of rotatable bonds is 2. The van der Waals surface area contributed by atoms with Crippen LogP contribution in [0.15, 0.2) is 128 Å².